The number of thiazole rings is 1. The molecule has 46 heavy (non-hydrogen) atoms. The lowest BCUT2D eigenvalue weighted by molar-refractivity contribution is -0.140. The van der Waals surface area contributed by atoms with Gasteiger partial charge in [0.1, 0.15) is 6.61 Å². The minimum Gasteiger partial charge on any atom is -0.490 e. The van der Waals surface area contributed by atoms with E-state index >= 15 is 0 Å². The minimum absolute atomic E-state index is 0.0395. The van der Waals surface area contributed by atoms with Gasteiger partial charge in [0.25, 0.3) is 5.56 Å². The zero-order chi connectivity index (χ0) is 33.2. The van der Waals surface area contributed by atoms with Gasteiger partial charge in [-0.1, -0.05) is 70.4 Å². The van der Waals surface area contributed by atoms with Crippen LogP contribution in [0.2, 0.25) is 15.1 Å². The maximum absolute atomic E-state index is 14.4. The normalized spacial score (nSPS) is 15.0. The summed E-state index contributed by atoms with van der Waals surface area (Å²) < 4.78 is 60.9. The second-order valence-electron chi connectivity index (χ2n) is 9.79. The molecule has 0 amide bonds. The van der Waals surface area contributed by atoms with Gasteiger partial charge >= 0.3 is 12.1 Å². The van der Waals surface area contributed by atoms with Crippen molar-refractivity contribution in [3.63, 3.8) is 0 Å². The number of nitrogens with zero attached hydrogens (tertiary/aromatic N) is 2. The number of hydrogen-bond acceptors (Lipinski definition) is 7. The molecule has 4 aromatic rings. The average molecular weight is 712 g/mol. The van der Waals surface area contributed by atoms with Crippen LogP contribution in [0.5, 0.6) is 11.5 Å². The zero-order valence-corrected chi connectivity index (χ0v) is 27.2. The molecule has 1 aliphatic rings. The summed E-state index contributed by atoms with van der Waals surface area (Å²) in [6, 6.07) is 14.5. The van der Waals surface area contributed by atoms with E-state index in [4.69, 9.17) is 49.0 Å². The Labute approximate surface area is 279 Å². The van der Waals surface area contributed by atoms with Crippen LogP contribution < -0.4 is 24.4 Å². The van der Waals surface area contributed by atoms with Crippen LogP contribution in [-0.4, -0.2) is 29.9 Å². The maximum Gasteiger partial charge on any atom is 0.434 e. The molecule has 14 heteroatoms. The number of esters is 1. The van der Waals surface area contributed by atoms with Gasteiger partial charge in [0.2, 0.25) is 0 Å². The number of ether oxygens (including phenoxy) is 3. The molecule has 0 N–H and O–H groups in total. The molecule has 0 saturated carbocycles. The fraction of sp³-hybridized carbons (Fsp3) is 0.219. The van der Waals surface area contributed by atoms with Gasteiger partial charge in [0.05, 0.1) is 34.4 Å². The topological polar surface area (TPSA) is 79.1 Å². The van der Waals surface area contributed by atoms with E-state index in [0.29, 0.717) is 21.4 Å². The lowest BCUT2D eigenvalue weighted by atomic mass is 9.95. The average Bonchev–Trinajstić information content (AvgIpc) is 3.31. The molecule has 0 unspecified atom stereocenters. The van der Waals surface area contributed by atoms with Gasteiger partial charge in [-0.05, 0) is 73.0 Å². The SMILES string of the molecule is CCOC(=O)C1=C(C(F)(F)F)N=c2s/c(=C\c3cc(Cl)c(OCc4ccc(Cl)cc4)c(OCC)c3)c(=O)n2[C@H]1c1ccc(Cl)cc1. The predicted octanol–water partition coefficient (Wildman–Crippen LogP) is 7.28. The highest BCUT2D eigenvalue weighted by Gasteiger charge is 2.45. The van der Waals surface area contributed by atoms with E-state index in [9.17, 15) is 22.8 Å². The van der Waals surface area contributed by atoms with Crippen molar-refractivity contribution < 1.29 is 32.2 Å². The summed E-state index contributed by atoms with van der Waals surface area (Å²) in [5.41, 5.74) is -1.46. The summed E-state index contributed by atoms with van der Waals surface area (Å²) in [5, 5.41) is 1.08. The van der Waals surface area contributed by atoms with Crippen LogP contribution in [0.15, 0.2) is 81.7 Å². The molecule has 5 rings (SSSR count). The Morgan fingerprint density at radius 1 is 0.978 bits per heavy atom. The van der Waals surface area contributed by atoms with E-state index < -0.39 is 35.0 Å². The van der Waals surface area contributed by atoms with Gasteiger partial charge in [-0.3, -0.25) is 9.36 Å². The molecule has 0 bridgehead atoms. The number of fused-ring (bicyclic) bond motifs is 1. The Morgan fingerprint density at radius 2 is 1.63 bits per heavy atom. The number of halogens is 6. The van der Waals surface area contributed by atoms with Crippen molar-refractivity contribution >= 4 is 58.2 Å². The van der Waals surface area contributed by atoms with E-state index in [-0.39, 0.29) is 45.5 Å². The number of carbonyl (C=O) groups excluding carboxylic acids is 1. The lowest BCUT2D eigenvalue weighted by Gasteiger charge is -2.26. The molecule has 0 fully saturated rings. The summed E-state index contributed by atoms with van der Waals surface area (Å²) in [5.74, 6) is -0.671. The van der Waals surface area contributed by atoms with Gasteiger partial charge in [0, 0.05) is 10.0 Å². The summed E-state index contributed by atoms with van der Waals surface area (Å²) in [6.07, 6.45) is -3.56. The lowest BCUT2D eigenvalue weighted by Crippen LogP contribution is -2.41. The first-order valence-corrected chi connectivity index (χ1v) is 15.8. The Morgan fingerprint density at radius 3 is 2.24 bits per heavy atom. The fourth-order valence-electron chi connectivity index (χ4n) is 4.76. The van der Waals surface area contributed by atoms with Crippen LogP contribution in [0.4, 0.5) is 13.2 Å². The maximum atomic E-state index is 14.4. The molecular formula is C32H24Cl3F3N2O5S. The zero-order valence-electron chi connectivity index (χ0n) is 24.2. The second kappa shape index (κ2) is 13.9. The molecule has 2 heterocycles. The molecule has 7 nitrogen and oxygen atoms in total. The highest BCUT2D eigenvalue weighted by molar-refractivity contribution is 7.07. The third-order valence-corrected chi connectivity index (χ3v) is 8.47. The molecule has 0 saturated heterocycles. The quantitative estimate of drug-likeness (QED) is 0.171. The van der Waals surface area contributed by atoms with Gasteiger partial charge < -0.3 is 14.2 Å². The first kappa shape index (κ1) is 33.6. The molecule has 3 aromatic carbocycles. The minimum atomic E-state index is -5.02. The number of carbonyl (C=O) groups is 1. The van der Waals surface area contributed by atoms with E-state index in [2.05, 4.69) is 4.99 Å². The van der Waals surface area contributed by atoms with Crippen LogP contribution in [0.25, 0.3) is 6.08 Å². The second-order valence-corrected chi connectivity index (χ2v) is 12.1. The van der Waals surface area contributed by atoms with Gasteiger partial charge in [-0.25, -0.2) is 9.79 Å². The summed E-state index contributed by atoms with van der Waals surface area (Å²) in [7, 11) is 0. The van der Waals surface area contributed by atoms with E-state index in [1.54, 1.807) is 43.3 Å². The third kappa shape index (κ3) is 7.12. The van der Waals surface area contributed by atoms with E-state index in [1.807, 2.05) is 0 Å². The molecule has 1 atom stereocenters. The van der Waals surface area contributed by atoms with Crippen molar-refractivity contribution in [3.8, 4) is 11.5 Å². The molecule has 1 aliphatic heterocycles. The Kier molecular flexibility index (Phi) is 10.2. The van der Waals surface area contributed by atoms with Crippen molar-refractivity contribution in [2.75, 3.05) is 13.2 Å². The fourth-order valence-corrected chi connectivity index (χ4v) is 6.29. The largest absolute Gasteiger partial charge is 0.490 e. The molecular weight excluding hydrogens is 688 g/mol. The van der Waals surface area contributed by atoms with Crippen LogP contribution in [0.1, 0.15) is 36.6 Å². The number of hydrogen-bond donors (Lipinski definition) is 0. The number of rotatable bonds is 9. The number of allylic oxidation sites excluding steroid dienone is 1. The monoisotopic (exact) mass is 710 g/mol. The Balaban J connectivity index is 1.64. The van der Waals surface area contributed by atoms with E-state index in [0.717, 1.165) is 21.5 Å². The third-order valence-electron chi connectivity index (χ3n) is 6.71. The first-order chi connectivity index (χ1) is 21.9. The number of alkyl halides is 3. The molecule has 0 aliphatic carbocycles. The molecule has 0 radical (unpaired) electrons. The first-order valence-electron chi connectivity index (χ1n) is 13.8. The molecule has 240 valence electrons. The standard InChI is InChI=1S/C32H24Cl3F3N2O5S/c1-3-43-23-14-18(13-22(35)27(23)45-16-17-5-9-20(33)10-6-17)15-24-29(41)40-26(19-7-11-21(34)12-8-19)25(30(42)44-4-2)28(32(36,37)38)39-31(40)46-24/h5-15,26H,3-4,16H2,1-2H3/b24-15-/t26-/m0/s1. The van der Waals surface area contributed by atoms with Crippen molar-refractivity contribution in [2.45, 2.75) is 32.7 Å². The Hall–Kier alpha value is -3.77. The smallest absolute Gasteiger partial charge is 0.434 e. The summed E-state index contributed by atoms with van der Waals surface area (Å²) in [6.45, 7) is 3.50. The van der Waals surface area contributed by atoms with Gasteiger partial charge in [-0.2, -0.15) is 13.2 Å². The van der Waals surface area contributed by atoms with Crippen molar-refractivity contribution in [2.24, 2.45) is 4.99 Å². The van der Waals surface area contributed by atoms with Crippen molar-refractivity contribution in [1.29, 1.82) is 0 Å². The summed E-state index contributed by atoms with van der Waals surface area (Å²) in [4.78, 5) is 30.4. The van der Waals surface area contributed by atoms with Crippen LogP contribution in [0, 0.1) is 0 Å². The van der Waals surface area contributed by atoms with E-state index in [1.165, 1.54) is 37.3 Å². The van der Waals surface area contributed by atoms with Gasteiger partial charge in [0.15, 0.2) is 22.0 Å². The van der Waals surface area contributed by atoms with Crippen LogP contribution in [-0.2, 0) is 16.1 Å². The Bertz CT molecular complexity index is 1990. The summed E-state index contributed by atoms with van der Waals surface area (Å²) >= 11 is 19.3. The van der Waals surface area contributed by atoms with Gasteiger partial charge in [-0.15, -0.1) is 0 Å². The number of aromatic nitrogens is 1. The molecule has 0 spiro atoms. The van der Waals surface area contributed by atoms with Crippen molar-refractivity contribution in [3.05, 3.63) is 123 Å². The highest BCUT2D eigenvalue weighted by atomic mass is 35.5. The molecule has 1 aromatic heterocycles. The highest BCUT2D eigenvalue weighted by Crippen LogP contribution is 2.39. The number of benzene rings is 3. The van der Waals surface area contributed by atoms with Crippen molar-refractivity contribution in [1.82, 2.24) is 4.57 Å². The van der Waals surface area contributed by atoms with Crippen LogP contribution >= 0.6 is 46.1 Å². The van der Waals surface area contributed by atoms with Crippen LogP contribution in [0.3, 0.4) is 0 Å². The predicted molar refractivity (Wildman–Crippen MR) is 171 cm³/mol.